The van der Waals surface area contributed by atoms with Crippen LogP contribution < -0.4 is 0 Å². The Kier molecular flexibility index (Phi) is 4.91. The van der Waals surface area contributed by atoms with Crippen molar-refractivity contribution >= 4 is 5.97 Å². The summed E-state index contributed by atoms with van der Waals surface area (Å²) in [4.78, 5) is 11.7. The largest absolute Gasteiger partial charge is 0.469 e. The van der Waals surface area contributed by atoms with Gasteiger partial charge in [0.1, 0.15) is 5.60 Å². The van der Waals surface area contributed by atoms with Crippen LogP contribution in [0.25, 0.3) is 0 Å². The molecule has 1 aromatic rings. The second kappa shape index (κ2) is 6.01. The van der Waals surface area contributed by atoms with Crippen molar-refractivity contribution in [3.63, 3.8) is 0 Å². The van der Waals surface area contributed by atoms with Gasteiger partial charge in [0, 0.05) is 0 Å². The lowest BCUT2D eigenvalue weighted by Gasteiger charge is -2.34. The molecule has 1 N–H and O–H groups in total. The molecular formula is C15H22O3. The highest BCUT2D eigenvalue weighted by molar-refractivity contribution is 5.73. The molecule has 0 aliphatic heterocycles. The van der Waals surface area contributed by atoms with E-state index >= 15 is 0 Å². The molecule has 0 aliphatic carbocycles. The van der Waals surface area contributed by atoms with E-state index in [2.05, 4.69) is 0 Å². The number of hydrogen-bond donors (Lipinski definition) is 1. The third kappa shape index (κ3) is 3.10. The summed E-state index contributed by atoms with van der Waals surface area (Å²) in [5, 5.41) is 10.9. The predicted octanol–water partition coefficient (Wildman–Crippen LogP) is 2.73. The van der Waals surface area contributed by atoms with Crippen molar-refractivity contribution in [1.29, 1.82) is 0 Å². The summed E-state index contributed by atoms with van der Waals surface area (Å²) in [6.45, 7) is 5.76. The van der Waals surface area contributed by atoms with Crippen molar-refractivity contribution < 1.29 is 14.6 Å². The van der Waals surface area contributed by atoms with Gasteiger partial charge in [-0.15, -0.1) is 0 Å². The molecule has 0 radical (unpaired) electrons. The topological polar surface area (TPSA) is 46.5 Å². The van der Waals surface area contributed by atoms with Crippen LogP contribution in [0.2, 0.25) is 0 Å². The predicted molar refractivity (Wildman–Crippen MR) is 71.0 cm³/mol. The van der Waals surface area contributed by atoms with Crippen molar-refractivity contribution in [1.82, 2.24) is 0 Å². The normalized spacial score (nSPS) is 16.1. The zero-order chi connectivity index (χ0) is 13.8. The fraction of sp³-hybridized carbons (Fsp3) is 0.533. The fourth-order valence-corrected chi connectivity index (χ4v) is 2.27. The lowest BCUT2D eigenvalue weighted by molar-refractivity contribution is -0.156. The molecule has 1 aromatic carbocycles. The number of rotatable bonds is 5. The van der Waals surface area contributed by atoms with Gasteiger partial charge in [0.05, 0.1) is 13.0 Å². The molecular weight excluding hydrogens is 228 g/mol. The smallest absolute Gasteiger partial charge is 0.311 e. The zero-order valence-electron chi connectivity index (χ0n) is 11.5. The van der Waals surface area contributed by atoms with E-state index in [9.17, 15) is 9.90 Å². The minimum Gasteiger partial charge on any atom is -0.469 e. The van der Waals surface area contributed by atoms with Gasteiger partial charge in [0.15, 0.2) is 0 Å². The number of esters is 1. The molecule has 2 atom stereocenters. The Labute approximate surface area is 109 Å². The molecule has 0 heterocycles. The van der Waals surface area contributed by atoms with Crippen LogP contribution in [0, 0.1) is 11.8 Å². The van der Waals surface area contributed by atoms with E-state index in [4.69, 9.17) is 4.74 Å². The molecule has 0 fully saturated rings. The third-order valence-electron chi connectivity index (χ3n) is 3.26. The van der Waals surface area contributed by atoms with Crippen molar-refractivity contribution in [2.45, 2.75) is 32.8 Å². The van der Waals surface area contributed by atoms with Crippen LogP contribution in [0.4, 0.5) is 0 Å². The van der Waals surface area contributed by atoms with Gasteiger partial charge in [-0.2, -0.15) is 0 Å². The number of benzene rings is 1. The third-order valence-corrected chi connectivity index (χ3v) is 3.26. The molecule has 0 bridgehead atoms. The maximum absolute atomic E-state index is 11.7. The van der Waals surface area contributed by atoms with Gasteiger partial charge in [-0.1, -0.05) is 44.2 Å². The Morgan fingerprint density at radius 3 is 2.28 bits per heavy atom. The molecule has 0 amide bonds. The molecule has 2 unspecified atom stereocenters. The Morgan fingerprint density at radius 2 is 1.83 bits per heavy atom. The highest BCUT2D eigenvalue weighted by Gasteiger charge is 2.40. The molecule has 100 valence electrons. The minimum absolute atomic E-state index is 0.280. The van der Waals surface area contributed by atoms with Crippen LogP contribution >= 0.6 is 0 Å². The maximum Gasteiger partial charge on any atom is 0.311 e. The van der Waals surface area contributed by atoms with E-state index in [0.29, 0.717) is 6.42 Å². The molecule has 0 aliphatic rings. The summed E-state index contributed by atoms with van der Waals surface area (Å²) < 4.78 is 4.76. The van der Waals surface area contributed by atoms with Crippen molar-refractivity contribution in [3.05, 3.63) is 35.9 Å². The first-order valence-corrected chi connectivity index (χ1v) is 6.27. The van der Waals surface area contributed by atoms with E-state index in [0.717, 1.165) is 5.56 Å². The first kappa shape index (κ1) is 14.7. The van der Waals surface area contributed by atoms with Gasteiger partial charge >= 0.3 is 5.97 Å². The van der Waals surface area contributed by atoms with Crippen LogP contribution in [0.3, 0.4) is 0 Å². The maximum atomic E-state index is 11.7. The Balaban J connectivity index is 3.14. The molecule has 18 heavy (non-hydrogen) atoms. The van der Waals surface area contributed by atoms with Crippen molar-refractivity contribution in [2.24, 2.45) is 11.8 Å². The number of carbonyl (C=O) groups is 1. The molecule has 0 saturated heterocycles. The fourth-order valence-electron chi connectivity index (χ4n) is 2.27. The summed E-state index contributed by atoms with van der Waals surface area (Å²) in [6.07, 6.45) is 0.521. The second-order valence-electron chi connectivity index (χ2n) is 5.13. The van der Waals surface area contributed by atoms with Gasteiger partial charge in [-0.25, -0.2) is 0 Å². The molecule has 3 nitrogen and oxygen atoms in total. The van der Waals surface area contributed by atoms with Gasteiger partial charge in [-0.3, -0.25) is 4.79 Å². The monoisotopic (exact) mass is 250 g/mol. The van der Waals surface area contributed by atoms with E-state index in [-0.39, 0.29) is 11.9 Å². The van der Waals surface area contributed by atoms with E-state index in [1.807, 2.05) is 44.2 Å². The van der Waals surface area contributed by atoms with Crippen LogP contribution in [0.1, 0.15) is 32.8 Å². The number of carbonyl (C=O) groups excluding carboxylic acids is 1. The van der Waals surface area contributed by atoms with Crippen LogP contribution in [0.15, 0.2) is 30.3 Å². The summed E-state index contributed by atoms with van der Waals surface area (Å²) in [7, 11) is 1.35. The number of ether oxygens (including phenoxy) is 1. The quantitative estimate of drug-likeness (QED) is 0.817. The summed E-state index contributed by atoms with van der Waals surface area (Å²) >= 11 is 0. The number of aliphatic hydroxyl groups is 1. The van der Waals surface area contributed by atoms with Crippen LogP contribution in [-0.4, -0.2) is 18.2 Å². The van der Waals surface area contributed by atoms with Gasteiger partial charge in [0.25, 0.3) is 0 Å². The zero-order valence-corrected chi connectivity index (χ0v) is 11.5. The standard InChI is InChI=1S/C15H22O3/c1-11(2)10-15(17,12(3)14(16)18-4)13-8-6-5-7-9-13/h5-9,11-12,17H,10H2,1-4H3. The number of methoxy groups -OCH3 is 1. The molecule has 0 saturated carbocycles. The van der Waals surface area contributed by atoms with Crippen molar-refractivity contribution in [3.8, 4) is 0 Å². The second-order valence-corrected chi connectivity index (χ2v) is 5.13. The van der Waals surface area contributed by atoms with E-state index in [1.165, 1.54) is 7.11 Å². The lowest BCUT2D eigenvalue weighted by atomic mass is 9.77. The molecule has 0 aromatic heterocycles. The van der Waals surface area contributed by atoms with Gasteiger partial charge < -0.3 is 9.84 Å². The molecule has 1 rings (SSSR count). The summed E-state index contributed by atoms with van der Waals surface area (Å²) in [5.74, 6) is -0.698. The Morgan fingerprint density at radius 1 is 1.28 bits per heavy atom. The Hall–Kier alpha value is -1.35. The highest BCUT2D eigenvalue weighted by Crippen LogP contribution is 2.36. The summed E-state index contributed by atoms with van der Waals surface area (Å²) in [6, 6.07) is 9.32. The van der Waals surface area contributed by atoms with Gasteiger partial charge in [0.2, 0.25) is 0 Å². The van der Waals surface area contributed by atoms with E-state index in [1.54, 1.807) is 6.92 Å². The number of hydrogen-bond acceptors (Lipinski definition) is 3. The average molecular weight is 250 g/mol. The lowest BCUT2D eigenvalue weighted by Crippen LogP contribution is -2.40. The van der Waals surface area contributed by atoms with Crippen LogP contribution in [-0.2, 0) is 15.1 Å². The first-order valence-electron chi connectivity index (χ1n) is 6.27. The average Bonchev–Trinajstić information content (AvgIpc) is 2.37. The van der Waals surface area contributed by atoms with E-state index < -0.39 is 11.5 Å². The SMILES string of the molecule is COC(=O)C(C)C(O)(CC(C)C)c1ccccc1. The highest BCUT2D eigenvalue weighted by atomic mass is 16.5. The Bertz CT molecular complexity index is 386. The van der Waals surface area contributed by atoms with Gasteiger partial charge in [-0.05, 0) is 24.8 Å². The first-order chi connectivity index (χ1) is 8.41. The van der Waals surface area contributed by atoms with Crippen LogP contribution in [0.5, 0.6) is 0 Å². The minimum atomic E-state index is -1.18. The summed E-state index contributed by atoms with van der Waals surface area (Å²) in [5.41, 5.74) is -0.417. The van der Waals surface area contributed by atoms with Crippen molar-refractivity contribution in [2.75, 3.05) is 7.11 Å². The molecule has 3 heteroatoms. The molecule has 0 spiro atoms.